The van der Waals surface area contributed by atoms with E-state index in [-0.39, 0.29) is 18.4 Å². The fourth-order valence-electron chi connectivity index (χ4n) is 3.12. The summed E-state index contributed by atoms with van der Waals surface area (Å²) in [4.78, 5) is 25.0. The normalized spacial score (nSPS) is 23.6. The van der Waals surface area contributed by atoms with E-state index in [0.29, 0.717) is 18.9 Å². The van der Waals surface area contributed by atoms with Crippen LogP contribution in [0.4, 0.5) is 0 Å². The molecule has 2 aliphatic rings. The molecule has 2 saturated carbocycles. The molecule has 0 heterocycles. The first kappa shape index (κ1) is 14.1. The summed E-state index contributed by atoms with van der Waals surface area (Å²) in [5, 5.41) is 9.03. The Labute approximate surface area is 124 Å². The quantitative estimate of drug-likeness (QED) is 0.836. The molecule has 21 heavy (non-hydrogen) atoms. The summed E-state index contributed by atoms with van der Waals surface area (Å²) in [6.07, 6.45) is 4.17. The zero-order chi connectivity index (χ0) is 14.8. The lowest BCUT2D eigenvalue weighted by atomic mass is 10.1. The monoisotopic (exact) mass is 287 g/mol. The molecule has 2 aliphatic carbocycles. The van der Waals surface area contributed by atoms with Crippen molar-refractivity contribution in [2.45, 2.75) is 25.7 Å². The first-order valence-electron chi connectivity index (χ1n) is 7.69. The van der Waals surface area contributed by atoms with Gasteiger partial charge in [0.15, 0.2) is 0 Å². The van der Waals surface area contributed by atoms with Gasteiger partial charge in [-0.25, -0.2) is 0 Å². The summed E-state index contributed by atoms with van der Waals surface area (Å²) >= 11 is 0. The van der Waals surface area contributed by atoms with Crippen molar-refractivity contribution in [3.05, 3.63) is 35.9 Å². The highest BCUT2D eigenvalue weighted by Gasteiger charge is 2.52. The minimum absolute atomic E-state index is 0.0465. The average molecular weight is 287 g/mol. The third kappa shape index (κ3) is 3.63. The minimum Gasteiger partial charge on any atom is -0.480 e. The maximum atomic E-state index is 12.5. The lowest BCUT2D eigenvalue weighted by Gasteiger charge is -2.21. The van der Waals surface area contributed by atoms with Gasteiger partial charge in [-0.2, -0.15) is 0 Å². The summed E-state index contributed by atoms with van der Waals surface area (Å²) in [5.74, 6) is 0.475. The maximum Gasteiger partial charge on any atom is 0.323 e. The summed E-state index contributed by atoms with van der Waals surface area (Å²) in [7, 11) is 0. The van der Waals surface area contributed by atoms with E-state index in [9.17, 15) is 9.59 Å². The van der Waals surface area contributed by atoms with Gasteiger partial charge in [-0.15, -0.1) is 0 Å². The fraction of sp³-hybridized carbons (Fsp3) is 0.529. The Balaban J connectivity index is 1.58. The fourth-order valence-corrected chi connectivity index (χ4v) is 3.12. The van der Waals surface area contributed by atoms with Gasteiger partial charge in [-0.05, 0) is 43.1 Å². The van der Waals surface area contributed by atoms with Gasteiger partial charge in [-0.1, -0.05) is 30.3 Å². The molecule has 0 spiro atoms. The third-order valence-corrected chi connectivity index (χ3v) is 4.54. The highest BCUT2D eigenvalue weighted by Crippen LogP contribution is 2.54. The van der Waals surface area contributed by atoms with Gasteiger partial charge >= 0.3 is 5.97 Å². The highest BCUT2D eigenvalue weighted by atomic mass is 16.4. The van der Waals surface area contributed by atoms with Gasteiger partial charge in [0, 0.05) is 12.5 Å². The van der Waals surface area contributed by atoms with Crippen LogP contribution in [-0.2, 0) is 16.0 Å². The summed E-state index contributed by atoms with van der Waals surface area (Å²) in [6.45, 7) is 0.308. The van der Waals surface area contributed by atoms with Crippen molar-refractivity contribution in [2.24, 2.45) is 17.8 Å². The first-order chi connectivity index (χ1) is 10.1. The highest BCUT2D eigenvalue weighted by molar-refractivity contribution is 5.85. The molecule has 1 N–H and O–H groups in total. The van der Waals surface area contributed by atoms with E-state index in [1.807, 2.05) is 30.3 Å². The topological polar surface area (TPSA) is 57.6 Å². The zero-order valence-electron chi connectivity index (χ0n) is 12.1. The van der Waals surface area contributed by atoms with Crippen molar-refractivity contribution >= 4 is 11.9 Å². The molecular formula is C17H21NO3. The van der Waals surface area contributed by atoms with Gasteiger partial charge in [0.2, 0.25) is 5.91 Å². The number of carboxylic acids is 1. The molecule has 0 aromatic heterocycles. The van der Waals surface area contributed by atoms with E-state index < -0.39 is 5.97 Å². The minimum atomic E-state index is -0.931. The Hall–Kier alpha value is -1.84. The maximum absolute atomic E-state index is 12.5. The van der Waals surface area contributed by atoms with Crippen LogP contribution in [-0.4, -0.2) is 35.0 Å². The molecule has 112 valence electrons. The average Bonchev–Trinajstić information content (AvgIpc) is 3.35. The lowest BCUT2D eigenvalue weighted by Crippen LogP contribution is -2.38. The Morgan fingerprint density at radius 3 is 2.52 bits per heavy atom. The molecule has 0 aliphatic heterocycles. The Bertz CT molecular complexity index is 524. The van der Waals surface area contributed by atoms with Crippen LogP contribution < -0.4 is 0 Å². The summed E-state index contributed by atoms with van der Waals surface area (Å²) in [5.41, 5.74) is 1.13. The van der Waals surface area contributed by atoms with Crippen LogP contribution in [0.5, 0.6) is 0 Å². The van der Waals surface area contributed by atoms with Crippen LogP contribution in [0.1, 0.15) is 24.8 Å². The molecule has 0 bridgehead atoms. The SMILES string of the molecule is O=C(O)CN(CCc1ccccc1)C(=O)C1CC1C1CC1. The number of hydrogen-bond acceptors (Lipinski definition) is 2. The van der Waals surface area contributed by atoms with Gasteiger partial charge in [0.1, 0.15) is 6.54 Å². The van der Waals surface area contributed by atoms with Crippen molar-refractivity contribution in [1.82, 2.24) is 4.90 Å². The molecule has 2 fully saturated rings. The smallest absolute Gasteiger partial charge is 0.323 e. The number of aliphatic carboxylic acids is 1. The van der Waals surface area contributed by atoms with E-state index >= 15 is 0 Å². The summed E-state index contributed by atoms with van der Waals surface area (Å²) < 4.78 is 0. The number of nitrogens with zero attached hydrogens (tertiary/aromatic N) is 1. The number of amides is 1. The van der Waals surface area contributed by atoms with Crippen molar-refractivity contribution in [3.8, 4) is 0 Å². The Morgan fingerprint density at radius 2 is 1.90 bits per heavy atom. The third-order valence-electron chi connectivity index (χ3n) is 4.54. The number of carboxylic acid groups (broad SMARTS) is 1. The van der Waals surface area contributed by atoms with Gasteiger partial charge in [0.05, 0.1) is 0 Å². The molecule has 3 rings (SSSR count). The van der Waals surface area contributed by atoms with Crippen LogP contribution >= 0.6 is 0 Å². The molecule has 4 heteroatoms. The molecular weight excluding hydrogens is 266 g/mol. The van der Waals surface area contributed by atoms with Crippen LogP contribution in [0.2, 0.25) is 0 Å². The van der Waals surface area contributed by atoms with Crippen molar-refractivity contribution in [3.63, 3.8) is 0 Å². The molecule has 2 unspecified atom stereocenters. The van der Waals surface area contributed by atoms with Gasteiger partial charge < -0.3 is 10.0 Å². The Morgan fingerprint density at radius 1 is 1.19 bits per heavy atom. The number of carbonyl (C=O) groups is 2. The van der Waals surface area contributed by atoms with Crippen LogP contribution in [0.15, 0.2) is 30.3 Å². The first-order valence-corrected chi connectivity index (χ1v) is 7.69. The lowest BCUT2D eigenvalue weighted by molar-refractivity contribution is -0.145. The number of rotatable bonds is 7. The molecule has 0 radical (unpaired) electrons. The summed E-state index contributed by atoms with van der Waals surface area (Å²) in [6, 6.07) is 9.89. The van der Waals surface area contributed by atoms with Crippen LogP contribution in [0, 0.1) is 17.8 Å². The predicted molar refractivity (Wildman–Crippen MR) is 78.7 cm³/mol. The molecule has 1 aromatic carbocycles. The van der Waals surface area contributed by atoms with Gasteiger partial charge in [-0.3, -0.25) is 9.59 Å². The number of benzene rings is 1. The predicted octanol–water partition coefficient (Wildman–Crippen LogP) is 2.19. The second kappa shape index (κ2) is 5.88. The largest absolute Gasteiger partial charge is 0.480 e. The standard InChI is InChI=1S/C17H21NO3/c19-16(20)11-18(9-8-12-4-2-1-3-5-12)17(21)15-10-14(15)13-6-7-13/h1-5,13-15H,6-11H2,(H,19,20). The molecule has 0 saturated heterocycles. The van der Waals surface area contributed by atoms with E-state index in [1.54, 1.807) is 0 Å². The Kier molecular flexibility index (Phi) is 3.95. The number of carbonyl (C=O) groups excluding carboxylic acids is 1. The van der Waals surface area contributed by atoms with Crippen molar-refractivity contribution < 1.29 is 14.7 Å². The second-order valence-corrected chi connectivity index (χ2v) is 6.23. The van der Waals surface area contributed by atoms with E-state index in [4.69, 9.17) is 5.11 Å². The van der Waals surface area contributed by atoms with Crippen molar-refractivity contribution in [2.75, 3.05) is 13.1 Å². The molecule has 1 amide bonds. The molecule has 4 nitrogen and oxygen atoms in total. The zero-order valence-corrected chi connectivity index (χ0v) is 12.1. The molecule has 2 atom stereocenters. The van der Waals surface area contributed by atoms with Gasteiger partial charge in [0.25, 0.3) is 0 Å². The van der Waals surface area contributed by atoms with Crippen LogP contribution in [0.3, 0.4) is 0 Å². The van der Waals surface area contributed by atoms with Crippen molar-refractivity contribution in [1.29, 1.82) is 0 Å². The number of hydrogen-bond donors (Lipinski definition) is 1. The van der Waals surface area contributed by atoms with E-state index in [1.165, 1.54) is 17.7 Å². The molecule has 1 aromatic rings. The van der Waals surface area contributed by atoms with E-state index in [2.05, 4.69) is 0 Å². The second-order valence-electron chi connectivity index (χ2n) is 6.23. The van der Waals surface area contributed by atoms with E-state index in [0.717, 1.165) is 17.9 Å². The van der Waals surface area contributed by atoms with Crippen LogP contribution in [0.25, 0.3) is 0 Å².